The maximum absolute atomic E-state index is 11.2. The van der Waals surface area contributed by atoms with Crippen LogP contribution in [0.4, 0.5) is 5.82 Å². The molecule has 2 rings (SSSR count). The first kappa shape index (κ1) is 11.7. The number of pyridine rings is 1. The predicted octanol–water partition coefficient (Wildman–Crippen LogP) is 1.72. The molecule has 1 aliphatic heterocycles. The Bertz CT molecular complexity index is 461. The molecule has 0 saturated carbocycles. The van der Waals surface area contributed by atoms with E-state index < -0.39 is 9.84 Å². The van der Waals surface area contributed by atoms with Gasteiger partial charge >= 0.3 is 0 Å². The average Bonchev–Trinajstić information content (AvgIpc) is 2.21. The van der Waals surface area contributed by atoms with Crippen molar-refractivity contribution in [3.8, 4) is 0 Å². The number of nitrogens with one attached hydrogen (secondary N) is 1. The third kappa shape index (κ3) is 3.09. The highest BCUT2D eigenvalue weighted by molar-refractivity contribution is 7.91. The fourth-order valence-corrected chi connectivity index (χ4v) is 3.39. The minimum absolute atomic E-state index is 0.175. The third-order valence-electron chi connectivity index (χ3n) is 2.62. The first-order valence-electron chi connectivity index (χ1n) is 5.15. The third-order valence-corrected chi connectivity index (χ3v) is 4.55. The van der Waals surface area contributed by atoms with E-state index in [0.29, 0.717) is 23.8 Å². The molecule has 1 saturated heterocycles. The molecule has 0 unspecified atom stereocenters. The number of halogens is 1. The Kier molecular flexibility index (Phi) is 3.35. The van der Waals surface area contributed by atoms with Crippen LogP contribution in [0.25, 0.3) is 0 Å². The number of hydrogen-bond acceptors (Lipinski definition) is 4. The van der Waals surface area contributed by atoms with Gasteiger partial charge in [0, 0.05) is 6.04 Å². The maximum atomic E-state index is 11.2. The summed E-state index contributed by atoms with van der Waals surface area (Å²) in [4.78, 5) is 4.11. The fourth-order valence-electron chi connectivity index (χ4n) is 1.73. The Morgan fingerprint density at radius 2 is 2.00 bits per heavy atom. The van der Waals surface area contributed by atoms with Crippen molar-refractivity contribution in [2.75, 3.05) is 16.8 Å². The van der Waals surface area contributed by atoms with E-state index in [1.54, 1.807) is 6.07 Å². The zero-order valence-corrected chi connectivity index (χ0v) is 10.3. The van der Waals surface area contributed by atoms with Crippen molar-refractivity contribution in [2.24, 2.45) is 0 Å². The van der Waals surface area contributed by atoms with Crippen molar-refractivity contribution < 1.29 is 8.42 Å². The molecule has 0 bridgehead atoms. The van der Waals surface area contributed by atoms with Crippen LogP contribution < -0.4 is 5.32 Å². The van der Waals surface area contributed by atoms with E-state index in [2.05, 4.69) is 10.3 Å². The Balaban J connectivity index is 1.97. The van der Waals surface area contributed by atoms with Crippen LogP contribution in [0.1, 0.15) is 12.8 Å². The van der Waals surface area contributed by atoms with Crippen molar-refractivity contribution in [3.05, 3.63) is 23.4 Å². The van der Waals surface area contributed by atoms with Crippen LogP contribution in [0.2, 0.25) is 5.15 Å². The minimum atomic E-state index is -2.80. The van der Waals surface area contributed by atoms with Gasteiger partial charge in [0.2, 0.25) is 0 Å². The Morgan fingerprint density at radius 3 is 2.62 bits per heavy atom. The highest BCUT2D eigenvalue weighted by atomic mass is 35.5. The molecule has 1 N–H and O–H groups in total. The number of nitrogens with zero attached hydrogens (tertiary/aromatic N) is 1. The van der Waals surface area contributed by atoms with Crippen LogP contribution in [-0.2, 0) is 9.84 Å². The number of sulfone groups is 1. The summed E-state index contributed by atoms with van der Waals surface area (Å²) in [5.41, 5.74) is 0. The van der Waals surface area contributed by atoms with Gasteiger partial charge < -0.3 is 5.32 Å². The van der Waals surface area contributed by atoms with Gasteiger partial charge in [0.1, 0.15) is 20.8 Å². The second kappa shape index (κ2) is 4.59. The summed E-state index contributed by atoms with van der Waals surface area (Å²) in [6.07, 6.45) is 1.27. The summed E-state index contributed by atoms with van der Waals surface area (Å²) in [6, 6.07) is 5.53. The van der Waals surface area contributed by atoms with Crippen molar-refractivity contribution in [2.45, 2.75) is 18.9 Å². The topological polar surface area (TPSA) is 59.1 Å². The number of anilines is 1. The zero-order chi connectivity index (χ0) is 11.6. The molecule has 0 radical (unpaired) electrons. The molecule has 6 heteroatoms. The number of hydrogen-bond donors (Lipinski definition) is 1. The largest absolute Gasteiger partial charge is 0.367 e. The first-order chi connectivity index (χ1) is 7.55. The van der Waals surface area contributed by atoms with Gasteiger partial charge in [0.15, 0.2) is 0 Å². The van der Waals surface area contributed by atoms with Gasteiger partial charge in [0.05, 0.1) is 11.5 Å². The predicted molar refractivity (Wildman–Crippen MR) is 64.5 cm³/mol. The number of aromatic nitrogens is 1. The summed E-state index contributed by atoms with van der Waals surface area (Å²) in [7, 11) is -2.80. The quantitative estimate of drug-likeness (QED) is 0.823. The van der Waals surface area contributed by atoms with E-state index in [1.165, 1.54) is 0 Å². The molecule has 2 heterocycles. The summed E-state index contributed by atoms with van der Waals surface area (Å²) in [6.45, 7) is 0. The molecule has 88 valence electrons. The van der Waals surface area contributed by atoms with E-state index in [9.17, 15) is 8.42 Å². The molecule has 0 aliphatic carbocycles. The SMILES string of the molecule is O=S1(=O)CCC(Nc2cccc(Cl)n2)CC1. The van der Waals surface area contributed by atoms with Crippen LogP contribution >= 0.6 is 11.6 Å². The summed E-state index contributed by atoms with van der Waals surface area (Å²) in [5.74, 6) is 1.22. The lowest BCUT2D eigenvalue weighted by molar-refractivity contribution is 0.559. The highest BCUT2D eigenvalue weighted by Crippen LogP contribution is 2.17. The van der Waals surface area contributed by atoms with E-state index in [1.807, 2.05) is 12.1 Å². The minimum Gasteiger partial charge on any atom is -0.367 e. The van der Waals surface area contributed by atoms with Gasteiger partial charge in [0.25, 0.3) is 0 Å². The second-order valence-electron chi connectivity index (χ2n) is 3.92. The maximum Gasteiger partial charge on any atom is 0.150 e. The molecule has 0 spiro atoms. The van der Waals surface area contributed by atoms with Crippen molar-refractivity contribution in [3.63, 3.8) is 0 Å². The molecule has 4 nitrogen and oxygen atoms in total. The van der Waals surface area contributed by atoms with Gasteiger partial charge in [-0.2, -0.15) is 0 Å². The van der Waals surface area contributed by atoms with Gasteiger partial charge in [-0.3, -0.25) is 0 Å². The second-order valence-corrected chi connectivity index (χ2v) is 6.61. The first-order valence-corrected chi connectivity index (χ1v) is 7.35. The molecular formula is C10H13ClN2O2S. The molecule has 1 aliphatic rings. The standard InChI is InChI=1S/C10H13ClN2O2S/c11-9-2-1-3-10(13-9)12-8-4-6-16(14,15)7-5-8/h1-3,8H,4-7H2,(H,12,13). The molecule has 16 heavy (non-hydrogen) atoms. The summed E-state index contributed by atoms with van der Waals surface area (Å²) >= 11 is 5.76. The lowest BCUT2D eigenvalue weighted by atomic mass is 10.1. The lowest BCUT2D eigenvalue weighted by Gasteiger charge is -2.23. The Morgan fingerprint density at radius 1 is 1.31 bits per heavy atom. The molecule has 0 amide bonds. The van der Waals surface area contributed by atoms with Crippen molar-refractivity contribution in [1.82, 2.24) is 4.98 Å². The molecule has 0 atom stereocenters. The smallest absolute Gasteiger partial charge is 0.150 e. The van der Waals surface area contributed by atoms with Crippen molar-refractivity contribution >= 4 is 27.3 Å². The monoisotopic (exact) mass is 260 g/mol. The van der Waals surface area contributed by atoms with Gasteiger partial charge in [-0.1, -0.05) is 17.7 Å². The molecular weight excluding hydrogens is 248 g/mol. The molecule has 1 aromatic rings. The van der Waals surface area contributed by atoms with Crippen LogP contribution in [0.15, 0.2) is 18.2 Å². The summed E-state index contributed by atoms with van der Waals surface area (Å²) < 4.78 is 22.5. The summed E-state index contributed by atoms with van der Waals surface area (Å²) in [5, 5.41) is 3.64. The Hall–Kier alpha value is -0.810. The highest BCUT2D eigenvalue weighted by Gasteiger charge is 2.23. The normalized spacial score (nSPS) is 20.6. The van der Waals surface area contributed by atoms with Gasteiger partial charge in [-0.25, -0.2) is 13.4 Å². The van der Waals surface area contributed by atoms with Crippen molar-refractivity contribution in [1.29, 1.82) is 0 Å². The van der Waals surface area contributed by atoms with Gasteiger partial charge in [-0.15, -0.1) is 0 Å². The van der Waals surface area contributed by atoms with Gasteiger partial charge in [-0.05, 0) is 25.0 Å². The number of rotatable bonds is 2. The van der Waals surface area contributed by atoms with E-state index >= 15 is 0 Å². The van der Waals surface area contributed by atoms with Crippen LogP contribution in [0, 0.1) is 0 Å². The van der Waals surface area contributed by atoms with Crippen LogP contribution in [0.3, 0.4) is 0 Å². The average molecular weight is 261 g/mol. The van der Waals surface area contributed by atoms with E-state index in [0.717, 1.165) is 0 Å². The van der Waals surface area contributed by atoms with E-state index in [4.69, 9.17) is 11.6 Å². The zero-order valence-electron chi connectivity index (χ0n) is 8.69. The molecule has 0 aromatic carbocycles. The lowest BCUT2D eigenvalue weighted by Crippen LogP contribution is -2.32. The molecule has 1 aromatic heterocycles. The van der Waals surface area contributed by atoms with Crippen LogP contribution in [-0.4, -0.2) is 30.9 Å². The van der Waals surface area contributed by atoms with Crippen LogP contribution in [0.5, 0.6) is 0 Å². The Labute approximate surface area is 99.9 Å². The van der Waals surface area contributed by atoms with E-state index in [-0.39, 0.29) is 17.5 Å². The molecule has 1 fully saturated rings. The fraction of sp³-hybridized carbons (Fsp3) is 0.500.